The number of amides is 2. The summed E-state index contributed by atoms with van der Waals surface area (Å²) >= 11 is 6.49. The first-order chi connectivity index (χ1) is 11.5. The Morgan fingerprint density at radius 2 is 1.92 bits per heavy atom. The number of thiocarbonyl (C=S) groups is 1. The number of likely N-dealkylation sites (N-methyl/N-ethyl adjacent to an activating group) is 1. The lowest BCUT2D eigenvalue weighted by atomic mass is 10.2. The first-order valence-corrected chi connectivity index (χ1v) is 8.89. The summed E-state index contributed by atoms with van der Waals surface area (Å²) < 4.78 is 5.53. The van der Waals surface area contributed by atoms with Crippen molar-refractivity contribution in [2.45, 2.75) is 13.8 Å². The molecule has 24 heavy (non-hydrogen) atoms. The van der Waals surface area contributed by atoms with Crippen LogP contribution in [0.4, 0.5) is 0 Å². The van der Waals surface area contributed by atoms with Gasteiger partial charge in [-0.3, -0.25) is 14.5 Å². The SMILES string of the molecule is CCN(CC)C(=O)CN1C(=O)/C(=C\c2ccc(OC)cc2)SC1=S. The van der Waals surface area contributed by atoms with Gasteiger partial charge in [-0.05, 0) is 37.6 Å². The largest absolute Gasteiger partial charge is 0.497 e. The van der Waals surface area contributed by atoms with Crippen molar-refractivity contribution in [1.82, 2.24) is 9.80 Å². The van der Waals surface area contributed by atoms with E-state index in [-0.39, 0.29) is 18.4 Å². The molecule has 1 saturated heterocycles. The number of rotatable bonds is 6. The van der Waals surface area contributed by atoms with Gasteiger partial charge in [-0.15, -0.1) is 0 Å². The molecule has 0 N–H and O–H groups in total. The first kappa shape index (κ1) is 18.5. The van der Waals surface area contributed by atoms with Crippen LogP contribution in [0.3, 0.4) is 0 Å². The van der Waals surface area contributed by atoms with E-state index in [9.17, 15) is 9.59 Å². The average molecular weight is 364 g/mol. The molecule has 128 valence electrons. The van der Waals surface area contributed by atoms with Crippen LogP contribution in [-0.4, -0.2) is 52.7 Å². The van der Waals surface area contributed by atoms with E-state index in [4.69, 9.17) is 17.0 Å². The van der Waals surface area contributed by atoms with E-state index >= 15 is 0 Å². The number of carbonyl (C=O) groups is 2. The smallest absolute Gasteiger partial charge is 0.266 e. The fraction of sp³-hybridized carbons (Fsp3) is 0.353. The number of methoxy groups -OCH3 is 1. The van der Waals surface area contributed by atoms with Crippen molar-refractivity contribution < 1.29 is 14.3 Å². The molecule has 0 aromatic heterocycles. The van der Waals surface area contributed by atoms with Crippen molar-refractivity contribution in [3.8, 4) is 5.75 Å². The van der Waals surface area contributed by atoms with Crippen LogP contribution in [0.15, 0.2) is 29.2 Å². The molecule has 1 aliphatic heterocycles. The van der Waals surface area contributed by atoms with Gasteiger partial charge >= 0.3 is 0 Å². The fourth-order valence-electron chi connectivity index (χ4n) is 2.30. The Kier molecular flexibility index (Phi) is 6.39. The average Bonchev–Trinajstić information content (AvgIpc) is 2.84. The van der Waals surface area contributed by atoms with E-state index in [1.807, 2.05) is 38.1 Å². The van der Waals surface area contributed by atoms with E-state index in [0.29, 0.717) is 22.3 Å². The fourth-order valence-corrected chi connectivity index (χ4v) is 3.55. The van der Waals surface area contributed by atoms with Crippen molar-refractivity contribution in [2.24, 2.45) is 0 Å². The van der Waals surface area contributed by atoms with Gasteiger partial charge < -0.3 is 9.64 Å². The number of nitrogens with zero attached hydrogens (tertiary/aromatic N) is 2. The van der Waals surface area contributed by atoms with Crippen molar-refractivity contribution in [3.63, 3.8) is 0 Å². The van der Waals surface area contributed by atoms with Crippen molar-refractivity contribution >= 4 is 46.2 Å². The molecule has 0 radical (unpaired) electrons. The predicted octanol–water partition coefficient (Wildman–Crippen LogP) is 2.76. The monoisotopic (exact) mass is 364 g/mol. The molecule has 0 spiro atoms. The van der Waals surface area contributed by atoms with E-state index in [2.05, 4.69) is 0 Å². The summed E-state index contributed by atoms with van der Waals surface area (Å²) in [6.07, 6.45) is 1.78. The Bertz CT molecular complexity index is 667. The van der Waals surface area contributed by atoms with Gasteiger partial charge in [0.2, 0.25) is 5.91 Å². The normalized spacial score (nSPS) is 16.0. The number of hydrogen-bond acceptors (Lipinski definition) is 5. The van der Waals surface area contributed by atoms with Crippen molar-refractivity contribution in [1.29, 1.82) is 0 Å². The Hall–Kier alpha value is -1.86. The molecule has 2 amide bonds. The summed E-state index contributed by atoms with van der Waals surface area (Å²) in [6, 6.07) is 7.39. The molecule has 1 fully saturated rings. The molecular formula is C17H20N2O3S2. The Morgan fingerprint density at radius 1 is 1.29 bits per heavy atom. The Labute approximate surface area is 151 Å². The second kappa shape index (κ2) is 8.30. The molecule has 0 aliphatic carbocycles. The maximum Gasteiger partial charge on any atom is 0.266 e. The number of thioether (sulfide) groups is 1. The van der Waals surface area contributed by atoms with Crippen molar-refractivity contribution in [3.05, 3.63) is 34.7 Å². The molecule has 0 bridgehead atoms. The molecule has 5 nitrogen and oxygen atoms in total. The standard InChI is InChI=1S/C17H20N2O3S2/c1-4-18(5-2)15(20)11-19-16(21)14(24-17(19)23)10-12-6-8-13(22-3)9-7-12/h6-10H,4-5,11H2,1-3H3/b14-10+. The highest BCUT2D eigenvalue weighted by atomic mass is 32.2. The lowest BCUT2D eigenvalue weighted by Crippen LogP contribution is -2.41. The van der Waals surface area contributed by atoms with Crippen LogP contribution < -0.4 is 4.74 Å². The summed E-state index contributed by atoms with van der Waals surface area (Å²) in [5.41, 5.74) is 0.881. The van der Waals surface area contributed by atoms with Gasteiger partial charge in [0.1, 0.15) is 16.6 Å². The van der Waals surface area contributed by atoms with Gasteiger partial charge in [-0.2, -0.15) is 0 Å². The van der Waals surface area contributed by atoms with E-state index in [1.165, 1.54) is 16.7 Å². The molecule has 1 heterocycles. The molecule has 1 aromatic rings. The van der Waals surface area contributed by atoms with Crippen LogP contribution in [0.1, 0.15) is 19.4 Å². The van der Waals surface area contributed by atoms with Crippen LogP contribution in [-0.2, 0) is 9.59 Å². The number of hydrogen-bond donors (Lipinski definition) is 0. The highest BCUT2D eigenvalue weighted by molar-refractivity contribution is 8.26. The van der Waals surface area contributed by atoms with Gasteiger partial charge in [0.05, 0.1) is 12.0 Å². The Morgan fingerprint density at radius 3 is 2.46 bits per heavy atom. The third kappa shape index (κ3) is 4.15. The quantitative estimate of drug-likeness (QED) is 0.574. The topological polar surface area (TPSA) is 49.9 Å². The third-order valence-corrected chi connectivity index (χ3v) is 5.07. The molecule has 7 heteroatoms. The van der Waals surface area contributed by atoms with Crippen LogP contribution in [0, 0.1) is 0 Å². The van der Waals surface area contributed by atoms with E-state index in [1.54, 1.807) is 18.1 Å². The lowest BCUT2D eigenvalue weighted by Gasteiger charge is -2.22. The van der Waals surface area contributed by atoms with Gasteiger partial charge in [0, 0.05) is 13.1 Å². The molecule has 0 unspecified atom stereocenters. The zero-order valence-electron chi connectivity index (χ0n) is 13.9. The maximum atomic E-state index is 12.5. The van der Waals surface area contributed by atoms with E-state index in [0.717, 1.165) is 11.3 Å². The van der Waals surface area contributed by atoms with Crippen LogP contribution in [0.5, 0.6) is 5.75 Å². The zero-order valence-corrected chi connectivity index (χ0v) is 15.6. The Balaban J connectivity index is 2.12. The van der Waals surface area contributed by atoms with Gasteiger partial charge in [-0.1, -0.05) is 36.1 Å². The molecule has 1 aliphatic rings. The highest BCUT2D eigenvalue weighted by Crippen LogP contribution is 2.32. The van der Waals surface area contributed by atoms with Crippen LogP contribution in [0.25, 0.3) is 6.08 Å². The molecular weight excluding hydrogens is 344 g/mol. The third-order valence-electron chi connectivity index (χ3n) is 3.70. The minimum Gasteiger partial charge on any atom is -0.497 e. The van der Waals surface area contributed by atoms with Crippen LogP contribution in [0.2, 0.25) is 0 Å². The number of benzene rings is 1. The second-order valence-corrected chi connectivity index (χ2v) is 6.78. The summed E-state index contributed by atoms with van der Waals surface area (Å²) in [7, 11) is 1.60. The second-order valence-electron chi connectivity index (χ2n) is 5.11. The summed E-state index contributed by atoms with van der Waals surface area (Å²) in [4.78, 5) is 28.3. The molecule has 1 aromatic carbocycles. The minimum atomic E-state index is -0.221. The molecule has 0 atom stereocenters. The summed E-state index contributed by atoms with van der Waals surface area (Å²) in [5, 5.41) is 0. The lowest BCUT2D eigenvalue weighted by molar-refractivity contribution is -0.135. The number of carbonyl (C=O) groups excluding carboxylic acids is 2. The molecule has 0 saturated carbocycles. The van der Waals surface area contributed by atoms with Gasteiger partial charge in [0.15, 0.2) is 0 Å². The first-order valence-electron chi connectivity index (χ1n) is 7.67. The maximum absolute atomic E-state index is 12.5. The molecule has 2 rings (SSSR count). The van der Waals surface area contributed by atoms with Crippen LogP contribution >= 0.6 is 24.0 Å². The highest BCUT2D eigenvalue weighted by Gasteiger charge is 2.34. The van der Waals surface area contributed by atoms with Gasteiger partial charge in [-0.25, -0.2) is 0 Å². The predicted molar refractivity (Wildman–Crippen MR) is 101 cm³/mol. The number of ether oxygens (including phenoxy) is 1. The van der Waals surface area contributed by atoms with Crippen molar-refractivity contribution in [2.75, 3.05) is 26.7 Å². The van der Waals surface area contributed by atoms with Gasteiger partial charge in [0.25, 0.3) is 5.91 Å². The summed E-state index contributed by atoms with van der Waals surface area (Å²) in [6.45, 7) is 5.05. The minimum absolute atomic E-state index is 0.00764. The zero-order chi connectivity index (χ0) is 17.7. The summed E-state index contributed by atoms with van der Waals surface area (Å²) in [5.74, 6) is 0.438. The van der Waals surface area contributed by atoms with E-state index < -0.39 is 0 Å².